The zero-order chi connectivity index (χ0) is 15.9. The molecule has 0 amide bonds. The van der Waals surface area contributed by atoms with Crippen LogP contribution in [-0.2, 0) is 10.1 Å². The molecule has 0 aliphatic carbocycles. The lowest BCUT2D eigenvalue weighted by atomic mass is 10.1. The molecule has 1 unspecified atom stereocenters. The normalized spacial score (nSPS) is 13.6. The van der Waals surface area contributed by atoms with E-state index in [9.17, 15) is 8.42 Å². The summed E-state index contributed by atoms with van der Waals surface area (Å²) in [7, 11) is -3.65. The van der Waals surface area contributed by atoms with Crippen LogP contribution in [0.25, 0.3) is 21.0 Å². The maximum absolute atomic E-state index is 12.3. The Balaban J connectivity index is 2.25. The maximum atomic E-state index is 12.3. The average molecular weight is 336 g/mol. The lowest BCUT2D eigenvalue weighted by Gasteiger charge is -2.06. The minimum atomic E-state index is -3.65. The molecule has 6 heteroatoms. The SMILES string of the molecule is CCC(C)S(=O)(=O)O[n+]1c(C)sc2ccc3ccccc3c21. The fourth-order valence-corrected chi connectivity index (χ4v) is 4.31. The molecule has 3 rings (SSSR count). The number of rotatable bonds is 4. The fourth-order valence-electron chi connectivity index (χ4n) is 2.36. The zero-order valence-corrected chi connectivity index (χ0v) is 14.4. The molecule has 0 aliphatic rings. The van der Waals surface area contributed by atoms with Crippen LogP contribution in [0.5, 0.6) is 0 Å². The van der Waals surface area contributed by atoms with Crippen LogP contribution >= 0.6 is 11.3 Å². The Hall–Kier alpha value is -1.66. The van der Waals surface area contributed by atoms with Gasteiger partial charge in [0.1, 0.15) is 4.70 Å². The van der Waals surface area contributed by atoms with Gasteiger partial charge >= 0.3 is 10.1 Å². The fraction of sp³-hybridized carbons (Fsp3) is 0.312. The van der Waals surface area contributed by atoms with Crippen LogP contribution in [-0.4, -0.2) is 13.7 Å². The number of fused-ring (bicyclic) bond motifs is 3. The molecule has 22 heavy (non-hydrogen) atoms. The van der Waals surface area contributed by atoms with E-state index >= 15 is 0 Å². The highest BCUT2D eigenvalue weighted by molar-refractivity contribution is 7.87. The minimum Gasteiger partial charge on any atom is -0.181 e. The standard InChI is InChI=1S/C16H18NO3S2/c1-4-11(2)22(18,19)20-17-12(3)21-15-10-9-13-7-5-6-8-14(13)16(15)17/h5-11H,4H2,1-3H3/q+1. The van der Waals surface area contributed by atoms with Crippen molar-refractivity contribution in [1.82, 2.24) is 0 Å². The van der Waals surface area contributed by atoms with Gasteiger partial charge in [0.05, 0.1) is 10.6 Å². The van der Waals surface area contributed by atoms with Crippen molar-refractivity contribution in [2.75, 3.05) is 0 Å². The Labute approximate surface area is 134 Å². The molecule has 0 N–H and O–H groups in total. The monoisotopic (exact) mass is 336 g/mol. The van der Waals surface area contributed by atoms with E-state index in [0.29, 0.717) is 6.42 Å². The van der Waals surface area contributed by atoms with Crippen molar-refractivity contribution in [3.63, 3.8) is 0 Å². The summed E-state index contributed by atoms with van der Waals surface area (Å²) >= 11 is 1.53. The van der Waals surface area contributed by atoms with Crippen LogP contribution in [0.1, 0.15) is 25.3 Å². The Morgan fingerprint density at radius 3 is 2.68 bits per heavy atom. The number of thiazole rings is 1. The van der Waals surface area contributed by atoms with Crippen LogP contribution < -0.4 is 9.01 Å². The molecule has 4 nitrogen and oxygen atoms in total. The van der Waals surface area contributed by atoms with E-state index in [0.717, 1.165) is 26.0 Å². The van der Waals surface area contributed by atoms with Crippen molar-refractivity contribution in [3.8, 4) is 0 Å². The highest BCUT2D eigenvalue weighted by Crippen LogP contribution is 2.27. The van der Waals surface area contributed by atoms with Gasteiger partial charge in [-0.3, -0.25) is 0 Å². The molecule has 0 radical (unpaired) electrons. The number of aromatic nitrogens is 1. The molecule has 0 fully saturated rings. The molecule has 116 valence electrons. The van der Waals surface area contributed by atoms with Crippen molar-refractivity contribution in [2.24, 2.45) is 0 Å². The Morgan fingerprint density at radius 2 is 1.95 bits per heavy atom. The molecular formula is C16H18NO3S2+. The third kappa shape index (κ3) is 2.46. The van der Waals surface area contributed by atoms with Gasteiger partial charge < -0.3 is 0 Å². The molecule has 3 aromatic rings. The predicted molar refractivity (Wildman–Crippen MR) is 89.5 cm³/mol. The molecule has 1 atom stereocenters. The maximum Gasteiger partial charge on any atom is 0.369 e. The van der Waals surface area contributed by atoms with E-state index < -0.39 is 15.4 Å². The average Bonchev–Trinajstić information content (AvgIpc) is 2.82. The van der Waals surface area contributed by atoms with Gasteiger partial charge in [-0.15, -0.1) is 4.28 Å². The summed E-state index contributed by atoms with van der Waals surface area (Å²) in [5.74, 6) is 0. The number of hydrogen-bond acceptors (Lipinski definition) is 4. The number of aryl methyl sites for hydroxylation is 1. The van der Waals surface area contributed by atoms with Crippen LogP contribution in [0.3, 0.4) is 0 Å². The molecule has 0 saturated carbocycles. The van der Waals surface area contributed by atoms with Crippen molar-refractivity contribution in [2.45, 2.75) is 32.4 Å². The first-order valence-electron chi connectivity index (χ1n) is 7.20. The molecule has 1 aromatic heterocycles. The van der Waals surface area contributed by atoms with Crippen molar-refractivity contribution in [1.29, 1.82) is 0 Å². The third-order valence-electron chi connectivity index (χ3n) is 3.86. The van der Waals surface area contributed by atoms with E-state index in [1.807, 2.05) is 50.2 Å². The van der Waals surface area contributed by atoms with Crippen LogP contribution in [0, 0.1) is 6.92 Å². The third-order valence-corrected chi connectivity index (χ3v) is 6.54. The van der Waals surface area contributed by atoms with Crippen LogP contribution in [0.4, 0.5) is 0 Å². The second kappa shape index (κ2) is 5.52. The molecule has 0 saturated heterocycles. The first-order valence-corrected chi connectivity index (χ1v) is 9.49. The van der Waals surface area contributed by atoms with Crippen molar-refractivity contribution >= 4 is 42.4 Å². The Bertz CT molecular complexity index is 945. The van der Waals surface area contributed by atoms with E-state index in [1.54, 1.807) is 6.92 Å². The largest absolute Gasteiger partial charge is 0.369 e. The summed E-state index contributed by atoms with van der Waals surface area (Å²) in [6.07, 6.45) is 0.519. The minimum absolute atomic E-state index is 0.519. The Kier molecular flexibility index (Phi) is 3.82. The smallest absolute Gasteiger partial charge is 0.181 e. The predicted octanol–water partition coefficient (Wildman–Crippen LogP) is 3.21. The highest BCUT2D eigenvalue weighted by Gasteiger charge is 2.31. The van der Waals surface area contributed by atoms with E-state index in [-0.39, 0.29) is 0 Å². The van der Waals surface area contributed by atoms with Gasteiger partial charge in [0.15, 0.2) is 0 Å². The summed E-state index contributed by atoms with van der Waals surface area (Å²) in [4.78, 5) is 0. The molecule has 1 heterocycles. The summed E-state index contributed by atoms with van der Waals surface area (Å²) in [6.45, 7) is 5.37. The van der Waals surface area contributed by atoms with Gasteiger partial charge in [0.2, 0.25) is 0 Å². The van der Waals surface area contributed by atoms with Gasteiger partial charge in [-0.2, -0.15) is 8.42 Å². The lowest BCUT2D eigenvalue weighted by molar-refractivity contribution is -0.835. The molecule has 0 spiro atoms. The lowest BCUT2D eigenvalue weighted by Crippen LogP contribution is -2.49. The highest BCUT2D eigenvalue weighted by atomic mass is 32.2. The van der Waals surface area contributed by atoms with Gasteiger partial charge in [0, 0.05) is 11.7 Å². The summed E-state index contributed by atoms with van der Waals surface area (Å²) < 4.78 is 32.6. The van der Waals surface area contributed by atoms with Crippen LogP contribution in [0.2, 0.25) is 0 Å². The Morgan fingerprint density at radius 1 is 1.23 bits per heavy atom. The summed E-state index contributed by atoms with van der Waals surface area (Å²) in [6, 6.07) is 12.0. The first-order chi connectivity index (χ1) is 10.4. The van der Waals surface area contributed by atoms with Crippen molar-refractivity contribution < 1.29 is 17.4 Å². The van der Waals surface area contributed by atoms with Gasteiger partial charge in [-0.1, -0.05) is 42.5 Å². The van der Waals surface area contributed by atoms with Crippen LogP contribution in [0.15, 0.2) is 36.4 Å². The van der Waals surface area contributed by atoms with E-state index in [2.05, 4.69) is 0 Å². The van der Waals surface area contributed by atoms with E-state index in [1.165, 1.54) is 16.1 Å². The van der Waals surface area contributed by atoms with Gasteiger partial charge in [-0.05, 0) is 30.9 Å². The summed E-state index contributed by atoms with van der Waals surface area (Å²) in [5.41, 5.74) is 0.812. The van der Waals surface area contributed by atoms with Gasteiger partial charge in [0.25, 0.3) is 10.5 Å². The number of hydrogen-bond donors (Lipinski definition) is 0. The van der Waals surface area contributed by atoms with E-state index in [4.69, 9.17) is 4.28 Å². The topological polar surface area (TPSA) is 47.3 Å². The quantitative estimate of drug-likeness (QED) is 0.687. The molecule has 2 aromatic carbocycles. The zero-order valence-electron chi connectivity index (χ0n) is 12.7. The van der Waals surface area contributed by atoms with Crippen molar-refractivity contribution in [3.05, 3.63) is 41.4 Å². The molecular weight excluding hydrogens is 318 g/mol. The number of nitrogens with zero attached hydrogens (tertiary/aromatic N) is 1. The number of benzene rings is 2. The summed E-state index contributed by atoms with van der Waals surface area (Å²) in [5, 5.41) is 2.32. The second-order valence-corrected chi connectivity index (χ2v) is 8.51. The second-order valence-electron chi connectivity index (χ2n) is 5.34. The van der Waals surface area contributed by atoms with Gasteiger partial charge in [-0.25, -0.2) is 0 Å². The first kappa shape index (κ1) is 15.2. The molecule has 0 aliphatic heterocycles. The molecule has 0 bridgehead atoms.